The van der Waals surface area contributed by atoms with Crippen LogP contribution in [0.5, 0.6) is 0 Å². The molecule has 1 rings (SSSR count). The summed E-state index contributed by atoms with van der Waals surface area (Å²) in [7, 11) is 0. The molecule has 0 aliphatic heterocycles. The van der Waals surface area contributed by atoms with Gasteiger partial charge in [-0.25, -0.2) is 18.0 Å². The van der Waals surface area contributed by atoms with Crippen LogP contribution in [-0.2, 0) is 20.7 Å². The zero-order valence-corrected chi connectivity index (χ0v) is 14.6. The number of hydrogen-bond acceptors (Lipinski definition) is 4. The minimum Gasteiger partial charge on any atom is -0.466 e. The molecular formula is C17H22F3NO4. The molecule has 5 nitrogen and oxygen atoms in total. The van der Waals surface area contributed by atoms with Crippen LogP contribution in [0.1, 0.15) is 39.7 Å². The number of nitrogens with one attached hydrogen (secondary N) is 1. The number of esters is 1. The lowest BCUT2D eigenvalue weighted by molar-refractivity contribution is -0.143. The van der Waals surface area contributed by atoms with Gasteiger partial charge in [0.25, 0.3) is 0 Å². The number of carbonyl (C=O) groups excluding carboxylic acids is 2. The molecule has 8 heteroatoms. The molecule has 0 fully saturated rings. The van der Waals surface area contributed by atoms with Gasteiger partial charge < -0.3 is 14.8 Å². The molecule has 1 unspecified atom stereocenters. The maximum absolute atomic E-state index is 13.8. The van der Waals surface area contributed by atoms with Gasteiger partial charge in [-0.05, 0) is 45.7 Å². The summed E-state index contributed by atoms with van der Waals surface area (Å²) in [6.45, 7) is 6.71. The van der Waals surface area contributed by atoms with E-state index in [1.165, 1.54) is 0 Å². The van der Waals surface area contributed by atoms with Crippen molar-refractivity contribution in [2.45, 2.75) is 52.2 Å². The Morgan fingerprint density at radius 2 is 1.72 bits per heavy atom. The number of carbonyl (C=O) groups is 2. The lowest BCUT2D eigenvalue weighted by Gasteiger charge is -2.23. The average molecular weight is 361 g/mol. The van der Waals surface area contributed by atoms with Crippen LogP contribution in [-0.4, -0.2) is 30.3 Å². The summed E-state index contributed by atoms with van der Waals surface area (Å²) in [6.07, 6.45) is -1.32. The molecule has 0 aliphatic carbocycles. The highest BCUT2D eigenvalue weighted by Crippen LogP contribution is 2.17. The Hall–Kier alpha value is -2.25. The van der Waals surface area contributed by atoms with Crippen LogP contribution in [0.4, 0.5) is 18.0 Å². The molecule has 25 heavy (non-hydrogen) atoms. The number of hydrogen-bond donors (Lipinski definition) is 1. The van der Waals surface area contributed by atoms with Crippen molar-refractivity contribution in [1.82, 2.24) is 5.32 Å². The Bertz CT molecular complexity index is 629. The van der Waals surface area contributed by atoms with Gasteiger partial charge in [-0.2, -0.15) is 0 Å². The van der Waals surface area contributed by atoms with Crippen molar-refractivity contribution < 1.29 is 32.2 Å². The van der Waals surface area contributed by atoms with Crippen molar-refractivity contribution in [3.8, 4) is 0 Å². The van der Waals surface area contributed by atoms with Crippen LogP contribution in [0.3, 0.4) is 0 Å². The Balaban J connectivity index is 2.92. The molecule has 140 valence electrons. The monoisotopic (exact) mass is 361 g/mol. The fraction of sp³-hybridized carbons (Fsp3) is 0.529. The van der Waals surface area contributed by atoms with Crippen molar-refractivity contribution in [3.05, 3.63) is 35.1 Å². The van der Waals surface area contributed by atoms with Gasteiger partial charge in [-0.15, -0.1) is 0 Å². The topological polar surface area (TPSA) is 64.6 Å². The second-order valence-corrected chi connectivity index (χ2v) is 6.41. The first kappa shape index (κ1) is 20.8. The highest BCUT2D eigenvalue weighted by atomic mass is 19.2. The summed E-state index contributed by atoms with van der Waals surface area (Å²) in [5.74, 6) is -4.13. The summed E-state index contributed by atoms with van der Waals surface area (Å²) in [5.41, 5.74) is -0.949. The van der Waals surface area contributed by atoms with Crippen LogP contribution in [0.2, 0.25) is 0 Å². The van der Waals surface area contributed by atoms with Gasteiger partial charge in [0.1, 0.15) is 11.4 Å². The summed E-state index contributed by atoms with van der Waals surface area (Å²) in [6, 6.07) is 0.201. The van der Waals surface area contributed by atoms with Crippen LogP contribution in [0, 0.1) is 17.5 Å². The normalized spacial score (nSPS) is 12.4. The smallest absolute Gasteiger partial charge is 0.407 e. The van der Waals surface area contributed by atoms with E-state index in [1.54, 1.807) is 27.7 Å². The third-order valence-corrected chi connectivity index (χ3v) is 2.99. The molecule has 0 bridgehead atoms. The van der Waals surface area contributed by atoms with Crippen molar-refractivity contribution in [2.75, 3.05) is 6.61 Å². The highest BCUT2D eigenvalue weighted by Gasteiger charge is 2.23. The molecule has 0 heterocycles. The van der Waals surface area contributed by atoms with E-state index >= 15 is 0 Å². The molecule has 1 amide bonds. The van der Waals surface area contributed by atoms with Crippen LogP contribution >= 0.6 is 0 Å². The Morgan fingerprint density at radius 3 is 2.28 bits per heavy atom. The average Bonchev–Trinajstić information content (AvgIpc) is 2.42. The van der Waals surface area contributed by atoms with Gasteiger partial charge in [-0.1, -0.05) is 0 Å². The van der Waals surface area contributed by atoms with E-state index in [0.717, 1.165) is 0 Å². The molecule has 1 aromatic rings. The summed E-state index contributed by atoms with van der Waals surface area (Å²) >= 11 is 0. The third kappa shape index (κ3) is 7.45. The van der Waals surface area contributed by atoms with Crippen molar-refractivity contribution in [1.29, 1.82) is 0 Å². The first-order valence-electron chi connectivity index (χ1n) is 7.80. The van der Waals surface area contributed by atoms with E-state index in [9.17, 15) is 22.8 Å². The van der Waals surface area contributed by atoms with Gasteiger partial charge >= 0.3 is 12.1 Å². The van der Waals surface area contributed by atoms with Crippen LogP contribution in [0.25, 0.3) is 0 Å². The molecule has 0 aliphatic rings. The van der Waals surface area contributed by atoms with Gasteiger partial charge in [0, 0.05) is 12.1 Å². The van der Waals surface area contributed by atoms with E-state index in [0.29, 0.717) is 12.1 Å². The number of ether oxygens (including phenoxy) is 2. The van der Waals surface area contributed by atoms with E-state index in [2.05, 4.69) is 5.32 Å². The summed E-state index contributed by atoms with van der Waals surface area (Å²) < 4.78 is 50.1. The van der Waals surface area contributed by atoms with Crippen molar-refractivity contribution in [2.24, 2.45) is 0 Å². The molecule has 0 saturated carbocycles. The van der Waals surface area contributed by atoms with Gasteiger partial charge in [0.2, 0.25) is 0 Å². The fourth-order valence-electron chi connectivity index (χ4n) is 2.06. The Labute approximate surface area is 144 Å². The maximum Gasteiger partial charge on any atom is 0.407 e. The number of alkyl carbamates (subject to hydrolysis) is 1. The molecule has 1 aromatic carbocycles. The highest BCUT2D eigenvalue weighted by molar-refractivity contribution is 5.73. The van der Waals surface area contributed by atoms with Gasteiger partial charge in [0.05, 0.1) is 13.0 Å². The zero-order chi connectivity index (χ0) is 19.2. The molecular weight excluding hydrogens is 339 g/mol. The molecule has 0 radical (unpaired) electrons. The lowest BCUT2D eigenvalue weighted by Crippen LogP contribution is -2.41. The van der Waals surface area contributed by atoms with E-state index in [4.69, 9.17) is 9.47 Å². The third-order valence-electron chi connectivity index (χ3n) is 2.99. The van der Waals surface area contributed by atoms with E-state index in [1.807, 2.05) is 0 Å². The quantitative estimate of drug-likeness (QED) is 0.622. The molecule has 0 spiro atoms. The second kappa shape index (κ2) is 8.73. The van der Waals surface area contributed by atoms with Crippen LogP contribution in [0.15, 0.2) is 12.1 Å². The van der Waals surface area contributed by atoms with Crippen molar-refractivity contribution >= 4 is 12.1 Å². The minimum atomic E-state index is -1.32. The number of halogens is 3. The van der Waals surface area contributed by atoms with E-state index < -0.39 is 41.2 Å². The largest absolute Gasteiger partial charge is 0.466 e. The Morgan fingerprint density at radius 1 is 1.12 bits per heavy atom. The molecule has 1 N–H and O–H groups in total. The number of rotatable bonds is 6. The molecule has 1 atom stereocenters. The van der Waals surface area contributed by atoms with E-state index in [-0.39, 0.29) is 25.0 Å². The first-order chi connectivity index (χ1) is 11.5. The SMILES string of the molecule is CCOC(=O)CC(Cc1cc(F)c(F)cc1F)NC(=O)OC(C)(C)C. The second-order valence-electron chi connectivity index (χ2n) is 6.41. The predicted molar refractivity (Wildman–Crippen MR) is 84.4 cm³/mol. The predicted octanol–water partition coefficient (Wildman–Crippen LogP) is 3.49. The Kier molecular flexibility index (Phi) is 7.26. The number of amides is 1. The van der Waals surface area contributed by atoms with Crippen molar-refractivity contribution in [3.63, 3.8) is 0 Å². The number of benzene rings is 1. The summed E-state index contributed by atoms with van der Waals surface area (Å²) in [4.78, 5) is 23.6. The fourth-order valence-corrected chi connectivity index (χ4v) is 2.06. The maximum atomic E-state index is 13.8. The van der Waals surface area contributed by atoms with Gasteiger partial charge in [0.15, 0.2) is 11.6 Å². The molecule has 0 aromatic heterocycles. The summed E-state index contributed by atoms with van der Waals surface area (Å²) in [5, 5.41) is 2.43. The first-order valence-corrected chi connectivity index (χ1v) is 7.80. The lowest BCUT2D eigenvalue weighted by atomic mass is 10.0. The minimum absolute atomic E-state index is 0.136. The van der Waals surface area contributed by atoms with Crippen LogP contribution < -0.4 is 5.32 Å². The van der Waals surface area contributed by atoms with Gasteiger partial charge in [-0.3, -0.25) is 4.79 Å². The standard InChI is InChI=1S/C17H22F3NO4/c1-5-24-15(22)8-11(21-16(23)25-17(2,3)4)6-10-7-13(19)14(20)9-12(10)18/h7,9,11H,5-6,8H2,1-4H3,(H,21,23). The zero-order valence-electron chi connectivity index (χ0n) is 14.6. The molecule has 0 saturated heterocycles.